The van der Waals surface area contributed by atoms with E-state index in [-0.39, 0.29) is 29.1 Å². The van der Waals surface area contributed by atoms with Crippen molar-refractivity contribution >= 4 is 22.2 Å². The highest BCUT2D eigenvalue weighted by molar-refractivity contribution is 6.74. The van der Waals surface area contributed by atoms with E-state index < -0.39 is 22.2 Å². The molecule has 0 fully saturated rings. The lowest BCUT2D eigenvalue weighted by Gasteiger charge is -2.47. The second kappa shape index (κ2) is 8.47. The average Bonchev–Trinajstić information content (AvgIpc) is 3.09. The predicted octanol–water partition coefficient (Wildman–Crippen LogP) is 6.78. The van der Waals surface area contributed by atoms with Crippen molar-refractivity contribution in [3.05, 3.63) is 41.5 Å². The second-order valence-corrected chi connectivity index (χ2v) is 22.0. The molecule has 0 amide bonds. The third-order valence-electron chi connectivity index (χ3n) is 8.20. The fourth-order valence-electron chi connectivity index (χ4n) is 4.19. The van der Waals surface area contributed by atoms with Crippen LogP contribution in [0, 0.1) is 0 Å². The van der Waals surface area contributed by atoms with Gasteiger partial charge in [0.05, 0.1) is 6.10 Å². The quantitative estimate of drug-likeness (QED) is 0.321. The molecule has 0 heterocycles. The first kappa shape index (κ1) is 25.8. The van der Waals surface area contributed by atoms with Gasteiger partial charge in [-0.15, -0.1) is 0 Å². The third kappa shape index (κ3) is 4.47. The Balaban J connectivity index is 2.11. The molecule has 0 bridgehead atoms. The summed E-state index contributed by atoms with van der Waals surface area (Å²) in [6, 6.07) is 8.63. The zero-order valence-electron chi connectivity index (χ0n) is 22.1. The van der Waals surface area contributed by atoms with E-state index in [1.807, 2.05) is 0 Å². The molecule has 1 aromatic rings. The summed E-state index contributed by atoms with van der Waals surface area (Å²) in [5.74, 6) is 0. The van der Waals surface area contributed by atoms with E-state index in [2.05, 4.69) is 98.1 Å². The molecule has 0 spiro atoms. The minimum absolute atomic E-state index is 0.0885. The summed E-state index contributed by atoms with van der Waals surface area (Å²) in [4.78, 5) is 0. The van der Waals surface area contributed by atoms with Gasteiger partial charge in [0.15, 0.2) is 16.6 Å². The molecule has 3 rings (SSSR count). The number of benzene rings is 1. The Hall–Kier alpha value is -0.766. The van der Waals surface area contributed by atoms with Crippen LogP contribution in [-0.2, 0) is 24.7 Å². The van der Waals surface area contributed by atoms with Crippen LogP contribution in [0.5, 0.6) is 0 Å². The molecule has 0 saturated heterocycles. The lowest BCUT2D eigenvalue weighted by molar-refractivity contribution is -0.150. The molecular weight excluding hydrogens is 432 g/mol. The maximum Gasteiger partial charge on any atom is 0.193 e. The van der Waals surface area contributed by atoms with E-state index in [4.69, 9.17) is 18.3 Å². The van der Waals surface area contributed by atoms with Crippen molar-refractivity contribution < 1.29 is 18.3 Å². The Morgan fingerprint density at radius 3 is 2.03 bits per heavy atom. The molecule has 2 aliphatic carbocycles. The van der Waals surface area contributed by atoms with Crippen molar-refractivity contribution in [2.75, 3.05) is 13.9 Å². The number of hydrogen-bond donors (Lipinski definition) is 0. The normalized spacial score (nSPS) is 26.2. The van der Waals surface area contributed by atoms with Gasteiger partial charge in [0.25, 0.3) is 0 Å². The Morgan fingerprint density at radius 1 is 0.906 bits per heavy atom. The number of rotatable bonds is 7. The van der Waals surface area contributed by atoms with Gasteiger partial charge in [-0.3, -0.25) is 0 Å². The maximum absolute atomic E-state index is 7.18. The topological polar surface area (TPSA) is 36.9 Å². The van der Waals surface area contributed by atoms with E-state index in [9.17, 15) is 0 Å². The van der Waals surface area contributed by atoms with Crippen LogP contribution >= 0.6 is 0 Å². The number of hydrogen-bond acceptors (Lipinski definition) is 4. The largest absolute Gasteiger partial charge is 0.408 e. The highest BCUT2D eigenvalue weighted by atomic mass is 28.4. The first-order chi connectivity index (χ1) is 14.6. The Kier molecular flexibility index (Phi) is 6.84. The molecule has 3 atom stereocenters. The fraction of sp³-hybridized carbons (Fsp3) is 0.692. The molecule has 0 radical (unpaired) electrons. The molecule has 0 aromatic heterocycles. The Bertz CT molecular complexity index is 863. The van der Waals surface area contributed by atoms with Gasteiger partial charge in [-0.2, -0.15) is 0 Å². The second-order valence-electron chi connectivity index (χ2n) is 12.5. The summed E-state index contributed by atoms with van der Waals surface area (Å²) >= 11 is 0. The van der Waals surface area contributed by atoms with Gasteiger partial charge in [0.2, 0.25) is 0 Å². The van der Waals surface area contributed by atoms with Crippen LogP contribution in [0.1, 0.15) is 52.7 Å². The summed E-state index contributed by atoms with van der Waals surface area (Å²) in [6.45, 7) is 23.2. The molecular formula is C26H44O4Si2. The first-order valence-electron chi connectivity index (χ1n) is 11.8. The first-order valence-corrected chi connectivity index (χ1v) is 17.7. The molecule has 0 N–H and O–H groups in total. The number of methoxy groups -OCH3 is 1. The van der Waals surface area contributed by atoms with Gasteiger partial charge < -0.3 is 18.3 Å². The van der Waals surface area contributed by atoms with E-state index in [1.54, 1.807) is 7.11 Å². The van der Waals surface area contributed by atoms with Crippen LogP contribution in [-0.4, -0.2) is 48.3 Å². The number of fused-ring (bicyclic) bond motifs is 3. The summed E-state index contributed by atoms with van der Waals surface area (Å²) in [5, 5.41) is 0.203. The lowest BCUT2D eigenvalue weighted by atomic mass is 9.93. The zero-order valence-corrected chi connectivity index (χ0v) is 24.1. The van der Waals surface area contributed by atoms with E-state index >= 15 is 0 Å². The summed E-state index contributed by atoms with van der Waals surface area (Å²) in [7, 11) is -2.45. The minimum Gasteiger partial charge on any atom is -0.408 e. The molecule has 0 unspecified atom stereocenters. The van der Waals surface area contributed by atoms with Crippen molar-refractivity contribution in [2.24, 2.45) is 0 Å². The van der Waals surface area contributed by atoms with E-state index in [0.29, 0.717) is 0 Å². The van der Waals surface area contributed by atoms with E-state index in [1.165, 1.54) is 16.7 Å². The van der Waals surface area contributed by atoms with Gasteiger partial charge in [-0.25, -0.2) is 0 Å². The highest BCUT2D eigenvalue weighted by Gasteiger charge is 2.60. The molecule has 0 aliphatic heterocycles. The number of ether oxygens (including phenoxy) is 2. The van der Waals surface area contributed by atoms with Crippen molar-refractivity contribution in [1.82, 2.24) is 0 Å². The summed E-state index contributed by atoms with van der Waals surface area (Å²) < 4.78 is 26.2. The van der Waals surface area contributed by atoms with Crippen molar-refractivity contribution in [3.8, 4) is 0 Å². The van der Waals surface area contributed by atoms with Crippen molar-refractivity contribution in [1.29, 1.82) is 0 Å². The lowest BCUT2D eigenvalue weighted by Crippen LogP contribution is -2.58. The fourth-order valence-corrected chi connectivity index (χ4v) is 6.73. The summed E-state index contributed by atoms with van der Waals surface area (Å²) in [5.41, 5.74) is 3.19. The summed E-state index contributed by atoms with van der Waals surface area (Å²) in [6.07, 6.45) is 2.76. The third-order valence-corrected chi connectivity index (χ3v) is 17.1. The molecule has 0 saturated carbocycles. The van der Waals surface area contributed by atoms with Crippen LogP contribution in [0.2, 0.25) is 36.3 Å². The van der Waals surface area contributed by atoms with Gasteiger partial charge in [-0.1, -0.05) is 65.8 Å². The molecule has 180 valence electrons. The van der Waals surface area contributed by atoms with Crippen LogP contribution < -0.4 is 0 Å². The van der Waals surface area contributed by atoms with Gasteiger partial charge >= 0.3 is 0 Å². The van der Waals surface area contributed by atoms with Crippen LogP contribution in [0.25, 0.3) is 5.57 Å². The zero-order chi connectivity index (χ0) is 24.2. The van der Waals surface area contributed by atoms with Crippen LogP contribution in [0.3, 0.4) is 0 Å². The van der Waals surface area contributed by atoms with Gasteiger partial charge in [-0.05, 0) is 59.0 Å². The molecule has 6 heteroatoms. The van der Waals surface area contributed by atoms with E-state index in [0.717, 1.165) is 6.42 Å². The van der Waals surface area contributed by atoms with Crippen LogP contribution in [0.4, 0.5) is 0 Å². The Morgan fingerprint density at radius 2 is 1.47 bits per heavy atom. The maximum atomic E-state index is 7.18. The molecule has 2 aliphatic rings. The molecule has 32 heavy (non-hydrogen) atoms. The smallest absolute Gasteiger partial charge is 0.193 e. The predicted molar refractivity (Wildman–Crippen MR) is 138 cm³/mol. The standard InChI is InChI=1S/C26H44O4Si2/c1-24(2,3)31(8,9)29-22-16-21-20-15-13-12-14-19(20)17-26(21,28-18-27-7)23(22)30-32(10,11)25(4,5)6/h12-16,22-23H,17-18H2,1-11H3/t22-,23+,26+/m1/s1. The minimum atomic E-state index is -2.10. The van der Waals surface area contributed by atoms with Crippen molar-refractivity contribution in [2.45, 2.75) is 102 Å². The highest BCUT2D eigenvalue weighted by Crippen LogP contribution is 2.54. The molecule has 1 aromatic carbocycles. The average molecular weight is 477 g/mol. The Labute approximate surface area is 197 Å². The van der Waals surface area contributed by atoms with Gasteiger partial charge in [0, 0.05) is 13.5 Å². The van der Waals surface area contributed by atoms with Gasteiger partial charge in [0.1, 0.15) is 18.5 Å². The SMILES string of the molecule is COCO[C@@]12Cc3ccccc3C1=C[C@@H](O[Si](C)(C)C(C)(C)C)[C@@H]2O[Si](C)(C)C(C)(C)C. The van der Waals surface area contributed by atoms with Crippen LogP contribution in [0.15, 0.2) is 30.3 Å². The van der Waals surface area contributed by atoms with Crippen molar-refractivity contribution in [3.63, 3.8) is 0 Å². The molecule has 4 nitrogen and oxygen atoms in total. The monoisotopic (exact) mass is 476 g/mol.